The van der Waals surface area contributed by atoms with Gasteiger partial charge in [-0.15, -0.1) is 0 Å². The van der Waals surface area contributed by atoms with E-state index in [9.17, 15) is 14.4 Å². The summed E-state index contributed by atoms with van der Waals surface area (Å²) < 4.78 is 6.55. The highest BCUT2D eigenvalue weighted by atomic mass is 16.5. The molecule has 2 heterocycles. The highest BCUT2D eigenvalue weighted by Gasteiger charge is 2.21. The average molecular weight is 392 g/mol. The SMILES string of the molecule is COc1ccc(C(CC=O)C(=O)Cn2cc(NC(=O)c3ccccn3)cn2)cc1. The van der Waals surface area contributed by atoms with Gasteiger partial charge in [-0.25, -0.2) is 0 Å². The maximum absolute atomic E-state index is 12.8. The Hall–Kier alpha value is -3.81. The Morgan fingerprint density at radius 2 is 2.00 bits per heavy atom. The maximum atomic E-state index is 12.8. The molecule has 0 aliphatic heterocycles. The van der Waals surface area contributed by atoms with Crippen molar-refractivity contribution in [3.63, 3.8) is 0 Å². The highest BCUT2D eigenvalue weighted by Crippen LogP contribution is 2.23. The molecule has 0 spiro atoms. The summed E-state index contributed by atoms with van der Waals surface area (Å²) in [7, 11) is 1.56. The van der Waals surface area contributed by atoms with Gasteiger partial charge in [-0.1, -0.05) is 18.2 Å². The third-order valence-corrected chi connectivity index (χ3v) is 4.35. The van der Waals surface area contributed by atoms with Gasteiger partial charge in [0.25, 0.3) is 5.91 Å². The fourth-order valence-electron chi connectivity index (χ4n) is 2.86. The minimum Gasteiger partial charge on any atom is -0.497 e. The number of ether oxygens (including phenoxy) is 1. The van der Waals surface area contributed by atoms with Crippen LogP contribution in [0.15, 0.2) is 61.1 Å². The molecule has 0 fully saturated rings. The van der Waals surface area contributed by atoms with Crippen molar-refractivity contribution in [2.75, 3.05) is 12.4 Å². The van der Waals surface area contributed by atoms with Crippen molar-refractivity contribution < 1.29 is 19.1 Å². The summed E-state index contributed by atoms with van der Waals surface area (Å²) in [5.74, 6) is -0.429. The first kappa shape index (κ1) is 19.9. The number of carbonyl (C=O) groups excluding carboxylic acids is 3. The second kappa shape index (κ2) is 9.41. The van der Waals surface area contributed by atoms with Gasteiger partial charge in [0.05, 0.1) is 24.9 Å². The minimum absolute atomic E-state index is 0.0238. The fourth-order valence-corrected chi connectivity index (χ4v) is 2.86. The number of nitrogens with one attached hydrogen (secondary N) is 1. The first-order valence-electron chi connectivity index (χ1n) is 8.96. The van der Waals surface area contributed by atoms with E-state index in [1.807, 2.05) is 0 Å². The summed E-state index contributed by atoms with van der Waals surface area (Å²) >= 11 is 0. The lowest BCUT2D eigenvalue weighted by atomic mass is 9.92. The zero-order valence-corrected chi connectivity index (χ0v) is 15.8. The van der Waals surface area contributed by atoms with Crippen molar-refractivity contribution in [1.29, 1.82) is 0 Å². The van der Waals surface area contributed by atoms with E-state index in [-0.39, 0.29) is 30.3 Å². The molecule has 2 aromatic heterocycles. The average Bonchev–Trinajstić information content (AvgIpc) is 3.19. The molecular weight excluding hydrogens is 372 g/mol. The number of anilines is 1. The molecule has 0 radical (unpaired) electrons. The lowest BCUT2D eigenvalue weighted by Gasteiger charge is -2.14. The number of nitrogens with zero attached hydrogens (tertiary/aromatic N) is 3. The van der Waals surface area contributed by atoms with Crippen molar-refractivity contribution in [2.24, 2.45) is 0 Å². The number of benzene rings is 1. The van der Waals surface area contributed by atoms with Crippen LogP contribution in [0, 0.1) is 0 Å². The molecule has 1 unspecified atom stereocenters. The Kier molecular flexibility index (Phi) is 6.47. The molecule has 8 nitrogen and oxygen atoms in total. The Balaban J connectivity index is 1.67. The minimum atomic E-state index is -0.575. The third kappa shape index (κ3) is 5.13. The van der Waals surface area contributed by atoms with Gasteiger partial charge in [0.2, 0.25) is 0 Å². The topological polar surface area (TPSA) is 103 Å². The molecule has 1 aromatic carbocycles. The summed E-state index contributed by atoms with van der Waals surface area (Å²) in [6, 6.07) is 12.1. The number of aromatic nitrogens is 3. The molecule has 1 amide bonds. The van der Waals surface area contributed by atoms with Crippen LogP contribution in [0.4, 0.5) is 5.69 Å². The van der Waals surface area contributed by atoms with Crippen LogP contribution in [-0.2, 0) is 16.1 Å². The predicted octanol–water partition coefficient (Wildman–Crippen LogP) is 2.48. The number of carbonyl (C=O) groups is 3. The number of ketones is 1. The lowest BCUT2D eigenvalue weighted by Crippen LogP contribution is -2.19. The zero-order valence-electron chi connectivity index (χ0n) is 15.8. The van der Waals surface area contributed by atoms with Crippen molar-refractivity contribution in [2.45, 2.75) is 18.9 Å². The van der Waals surface area contributed by atoms with E-state index in [2.05, 4.69) is 15.4 Å². The van der Waals surface area contributed by atoms with Crippen molar-refractivity contribution >= 4 is 23.7 Å². The largest absolute Gasteiger partial charge is 0.497 e. The van der Waals surface area contributed by atoms with E-state index in [4.69, 9.17) is 4.74 Å². The molecule has 29 heavy (non-hydrogen) atoms. The monoisotopic (exact) mass is 392 g/mol. The Morgan fingerprint density at radius 3 is 2.66 bits per heavy atom. The van der Waals surface area contributed by atoms with E-state index in [1.165, 1.54) is 17.1 Å². The second-order valence-corrected chi connectivity index (χ2v) is 6.29. The molecule has 0 aliphatic carbocycles. The number of Topliss-reactive ketones (excluding diaryl/α,β-unsaturated/α-hetero) is 1. The number of aldehydes is 1. The Labute approximate surface area is 167 Å². The molecule has 0 saturated heterocycles. The van der Waals surface area contributed by atoms with Gasteiger partial charge >= 0.3 is 0 Å². The first-order chi connectivity index (χ1) is 14.1. The summed E-state index contributed by atoms with van der Waals surface area (Å²) in [4.78, 5) is 40.0. The number of pyridine rings is 1. The molecule has 0 saturated carbocycles. The molecule has 1 N–H and O–H groups in total. The summed E-state index contributed by atoms with van der Waals surface area (Å²) in [6.07, 6.45) is 5.36. The smallest absolute Gasteiger partial charge is 0.274 e. The number of methoxy groups -OCH3 is 1. The fraction of sp³-hybridized carbons (Fsp3) is 0.190. The van der Waals surface area contributed by atoms with E-state index >= 15 is 0 Å². The van der Waals surface area contributed by atoms with E-state index in [0.717, 1.165) is 11.8 Å². The van der Waals surface area contributed by atoms with Gasteiger partial charge in [0.1, 0.15) is 24.3 Å². The zero-order chi connectivity index (χ0) is 20.6. The van der Waals surface area contributed by atoms with Crippen LogP contribution < -0.4 is 10.1 Å². The van der Waals surface area contributed by atoms with Crippen LogP contribution in [0.5, 0.6) is 5.75 Å². The molecule has 0 aliphatic rings. The second-order valence-electron chi connectivity index (χ2n) is 6.29. The van der Waals surface area contributed by atoms with Gasteiger partial charge < -0.3 is 14.8 Å². The predicted molar refractivity (Wildman–Crippen MR) is 106 cm³/mol. The summed E-state index contributed by atoms with van der Waals surface area (Å²) in [6.45, 7) is -0.0238. The summed E-state index contributed by atoms with van der Waals surface area (Å²) in [5, 5.41) is 6.80. The van der Waals surface area contributed by atoms with E-state index in [0.29, 0.717) is 11.4 Å². The molecule has 148 valence electrons. The molecular formula is C21H20N4O4. The molecule has 1 atom stereocenters. The lowest BCUT2D eigenvalue weighted by molar-refractivity contribution is -0.123. The number of hydrogen-bond acceptors (Lipinski definition) is 6. The molecule has 8 heteroatoms. The number of amides is 1. The van der Waals surface area contributed by atoms with Crippen LogP contribution in [0.1, 0.15) is 28.4 Å². The Bertz CT molecular complexity index is 983. The first-order valence-corrected chi connectivity index (χ1v) is 8.96. The van der Waals surface area contributed by atoms with E-state index < -0.39 is 5.92 Å². The molecule has 0 bridgehead atoms. The van der Waals surface area contributed by atoms with Crippen LogP contribution in [-0.4, -0.2) is 39.9 Å². The van der Waals surface area contributed by atoms with Gasteiger partial charge in [-0.05, 0) is 29.8 Å². The Morgan fingerprint density at radius 1 is 1.21 bits per heavy atom. The standard InChI is InChI=1S/C21H20N4O4/c1-29-17-7-5-15(6-8-17)18(9-11-26)20(27)14-25-13-16(12-23-25)24-21(28)19-4-2-3-10-22-19/h2-8,10-13,18H,9,14H2,1H3,(H,24,28). The van der Waals surface area contributed by atoms with Crippen molar-refractivity contribution in [3.8, 4) is 5.75 Å². The van der Waals surface area contributed by atoms with Gasteiger partial charge in [-0.2, -0.15) is 5.10 Å². The van der Waals surface area contributed by atoms with Crippen LogP contribution in [0.25, 0.3) is 0 Å². The highest BCUT2D eigenvalue weighted by molar-refractivity contribution is 6.02. The third-order valence-electron chi connectivity index (χ3n) is 4.35. The van der Waals surface area contributed by atoms with Gasteiger partial charge in [0.15, 0.2) is 5.78 Å². The number of rotatable bonds is 9. The van der Waals surface area contributed by atoms with Crippen LogP contribution in [0.2, 0.25) is 0 Å². The van der Waals surface area contributed by atoms with E-state index in [1.54, 1.807) is 55.8 Å². The van der Waals surface area contributed by atoms with Crippen molar-refractivity contribution in [1.82, 2.24) is 14.8 Å². The summed E-state index contributed by atoms with van der Waals surface area (Å²) in [5.41, 5.74) is 1.46. The quantitative estimate of drug-likeness (QED) is 0.561. The maximum Gasteiger partial charge on any atom is 0.274 e. The molecule has 3 aromatic rings. The van der Waals surface area contributed by atoms with Gasteiger partial charge in [-0.3, -0.25) is 19.3 Å². The molecule has 3 rings (SSSR count). The van der Waals surface area contributed by atoms with Crippen LogP contribution in [0.3, 0.4) is 0 Å². The van der Waals surface area contributed by atoms with Crippen molar-refractivity contribution in [3.05, 3.63) is 72.3 Å². The van der Waals surface area contributed by atoms with Crippen LogP contribution >= 0.6 is 0 Å². The van der Waals surface area contributed by atoms with Gasteiger partial charge in [0, 0.05) is 18.8 Å². The number of hydrogen-bond donors (Lipinski definition) is 1. The normalized spacial score (nSPS) is 11.5.